The van der Waals surface area contributed by atoms with Crippen molar-refractivity contribution in [2.45, 2.75) is 12.5 Å². The van der Waals surface area contributed by atoms with Gasteiger partial charge >= 0.3 is 0 Å². The lowest BCUT2D eigenvalue weighted by Gasteiger charge is -2.20. The Hall–Kier alpha value is -0.390. The lowest BCUT2D eigenvalue weighted by Crippen LogP contribution is -2.34. The second-order valence-electron chi connectivity index (χ2n) is 4.25. The third kappa shape index (κ3) is 2.31. The van der Waals surface area contributed by atoms with Crippen molar-refractivity contribution in [3.8, 4) is 0 Å². The van der Waals surface area contributed by atoms with E-state index in [1.54, 1.807) is 0 Å². The maximum Gasteiger partial charge on any atom is 0.265 e. The molecule has 1 aliphatic rings. The number of hydrogen-bond acceptors (Lipinski definition) is 3. The van der Waals surface area contributed by atoms with Gasteiger partial charge in [-0.3, -0.25) is 4.79 Å². The van der Waals surface area contributed by atoms with Crippen molar-refractivity contribution in [2.75, 3.05) is 27.2 Å². The summed E-state index contributed by atoms with van der Waals surface area (Å²) in [6.07, 6.45) is 1.07. The standard InChI is InChI=1S/C11H15BrN2OS/c1-13(2)8-3-5-14(7-8)11(15)10-9(12)4-6-16-10/h4,6,8H,3,5,7H2,1-2H3. The van der Waals surface area contributed by atoms with E-state index in [1.165, 1.54) is 11.3 Å². The van der Waals surface area contributed by atoms with Crippen LogP contribution >= 0.6 is 27.3 Å². The van der Waals surface area contributed by atoms with Crippen LogP contribution in [-0.4, -0.2) is 48.9 Å². The molecule has 0 N–H and O–H groups in total. The molecule has 0 saturated carbocycles. The summed E-state index contributed by atoms with van der Waals surface area (Å²) < 4.78 is 0.913. The zero-order valence-corrected chi connectivity index (χ0v) is 11.8. The van der Waals surface area contributed by atoms with Gasteiger partial charge in [0.1, 0.15) is 4.88 Å². The molecule has 1 aromatic rings. The highest BCUT2D eigenvalue weighted by Crippen LogP contribution is 2.26. The summed E-state index contributed by atoms with van der Waals surface area (Å²) in [4.78, 5) is 17.1. The number of nitrogens with zero attached hydrogens (tertiary/aromatic N) is 2. The van der Waals surface area contributed by atoms with Crippen molar-refractivity contribution in [3.63, 3.8) is 0 Å². The second kappa shape index (κ2) is 4.85. The van der Waals surface area contributed by atoms with Crippen LogP contribution in [0.15, 0.2) is 15.9 Å². The summed E-state index contributed by atoms with van der Waals surface area (Å²) in [7, 11) is 4.14. The van der Waals surface area contributed by atoms with E-state index in [-0.39, 0.29) is 5.91 Å². The molecule has 1 saturated heterocycles. The summed E-state index contributed by atoms with van der Waals surface area (Å²) in [5.74, 6) is 0.159. The number of carbonyl (C=O) groups is 1. The molecule has 1 unspecified atom stereocenters. The minimum absolute atomic E-state index is 0.159. The lowest BCUT2D eigenvalue weighted by atomic mass is 10.2. The average molecular weight is 303 g/mol. The Morgan fingerprint density at radius 3 is 2.88 bits per heavy atom. The van der Waals surface area contributed by atoms with Gasteiger partial charge in [0.25, 0.3) is 5.91 Å². The van der Waals surface area contributed by atoms with Crippen molar-refractivity contribution in [1.29, 1.82) is 0 Å². The summed E-state index contributed by atoms with van der Waals surface area (Å²) in [6.45, 7) is 1.71. The van der Waals surface area contributed by atoms with E-state index in [2.05, 4.69) is 34.9 Å². The number of rotatable bonds is 2. The fourth-order valence-corrected chi connectivity index (χ4v) is 3.45. The predicted octanol–water partition coefficient (Wildman–Crippen LogP) is 2.29. The fraction of sp³-hybridized carbons (Fsp3) is 0.545. The molecule has 5 heteroatoms. The zero-order valence-electron chi connectivity index (χ0n) is 9.44. The van der Waals surface area contributed by atoms with Gasteiger partial charge in [0.2, 0.25) is 0 Å². The Bertz CT molecular complexity index is 391. The van der Waals surface area contributed by atoms with Gasteiger partial charge in [-0.25, -0.2) is 0 Å². The Kier molecular flexibility index (Phi) is 3.66. The highest BCUT2D eigenvalue weighted by molar-refractivity contribution is 9.10. The van der Waals surface area contributed by atoms with E-state index in [1.807, 2.05) is 16.3 Å². The van der Waals surface area contributed by atoms with Crippen LogP contribution in [0, 0.1) is 0 Å². The molecule has 0 spiro atoms. The number of likely N-dealkylation sites (N-methyl/N-ethyl adjacent to an activating group) is 1. The third-order valence-corrected chi connectivity index (χ3v) is 4.82. The van der Waals surface area contributed by atoms with Crippen LogP contribution in [0.2, 0.25) is 0 Å². The molecule has 16 heavy (non-hydrogen) atoms. The van der Waals surface area contributed by atoms with E-state index in [0.717, 1.165) is 28.9 Å². The van der Waals surface area contributed by atoms with Gasteiger partial charge in [0.15, 0.2) is 0 Å². The van der Waals surface area contributed by atoms with Gasteiger partial charge in [0.05, 0.1) is 0 Å². The molecule has 0 aromatic carbocycles. The third-order valence-electron chi connectivity index (χ3n) is 2.99. The van der Waals surface area contributed by atoms with Gasteiger partial charge in [-0.15, -0.1) is 11.3 Å². The first-order chi connectivity index (χ1) is 7.59. The molecule has 2 heterocycles. The first kappa shape index (κ1) is 12.1. The van der Waals surface area contributed by atoms with Gasteiger partial charge in [-0.2, -0.15) is 0 Å². The fourth-order valence-electron chi connectivity index (χ4n) is 1.94. The molecule has 0 aliphatic carbocycles. The maximum absolute atomic E-state index is 12.2. The van der Waals surface area contributed by atoms with E-state index < -0.39 is 0 Å². The van der Waals surface area contributed by atoms with Gasteiger partial charge in [0, 0.05) is 23.6 Å². The number of hydrogen-bond donors (Lipinski definition) is 0. The molecule has 0 bridgehead atoms. The number of likely N-dealkylation sites (tertiary alicyclic amines) is 1. The lowest BCUT2D eigenvalue weighted by molar-refractivity contribution is 0.0787. The Balaban J connectivity index is 2.05. The van der Waals surface area contributed by atoms with Crippen molar-refractivity contribution >= 4 is 33.2 Å². The number of thiophene rings is 1. The Morgan fingerprint density at radius 1 is 1.62 bits per heavy atom. The van der Waals surface area contributed by atoms with Gasteiger partial charge in [-0.05, 0) is 47.9 Å². The van der Waals surface area contributed by atoms with Crippen LogP contribution in [0.3, 0.4) is 0 Å². The minimum atomic E-state index is 0.159. The first-order valence-corrected chi connectivity index (χ1v) is 6.95. The van der Waals surface area contributed by atoms with Crippen molar-refractivity contribution < 1.29 is 4.79 Å². The quantitative estimate of drug-likeness (QED) is 0.837. The number of amides is 1. The van der Waals surface area contributed by atoms with E-state index >= 15 is 0 Å². The normalized spacial score (nSPS) is 20.8. The summed E-state index contributed by atoms with van der Waals surface area (Å²) in [5, 5.41) is 1.94. The van der Waals surface area contributed by atoms with E-state index in [4.69, 9.17) is 0 Å². The van der Waals surface area contributed by atoms with Gasteiger partial charge < -0.3 is 9.80 Å². The van der Waals surface area contributed by atoms with E-state index in [9.17, 15) is 4.79 Å². The van der Waals surface area contributed by atoms with Crippen LogP contribution in [0.1, 0.15) is 16.1 Å². The van der Waals surface area contributed by atoms with Crippen LogP contribution in [-0.2, 0) is 0 Å². The monoisotopic (exact) mass is 302 g/mol. The SMILES string of the molecule is CN(C)C1CCN(C(=O)c2sccc2Br)C1. The second-order valence-corrected chi connectivity index (χ2v) is 6.03. The highest BCUT2D eigenvalue weighted by Gasteiger charge is 2.29. The molecule has 1 aromatic heterocycles. The Morgan fingerprint density at radius 2 is 2.38 bits per heavy atom. The molecule has 0 radical (unpaired) electrons. The molecule has 1 fully saturated rings. The number of halogens is 1. The Labute approximate surface area is 108 Å². The number of carbonyl (C=O) groups excluding carboxylic acids is 1. The molecule has 1 atom stereocenters. The van der Waals surface area contributed by atoms with Crippen LogP contribution in [0.4, 0.5) is 0 Å². The summed E-state index contributed by atoms with van der Waals surface area (Å²) >= 11 is 4.91. The van der Waals surface area contributed by atoms with Gasteiger partial charge in [-0.1, -0.05) is 0 Å². The molecule has 2 rings (SSSR count). The molecular weight excluding hydrogens is 288 g/mol. The average Bonchev–Trinajstić information content (AvgIpc) is 2.84. The minimum Gasteiger partial charge on any atom is -0.336 e. The largest absolute Gasteiger partial charge is 0.336 e. The topological polar surface area (TPSA) is 23.6 Å². The zero-order chi connectivity index (χ0) is 11.7. The van der Waals surface area contributed by atoms with Crippen molar-refractivity contribution in [3.05, 3.63) is 20.8 Å². The smallest absolute Gasteiger partial charge is 0.265 e. The van der Waals surface area contributed by atoms with Crippen LogP contribution in [0.5, 0.6) is 0 Å². The van der Waals surface area contributed by atoms with Crippen molar-refractivity contribution in [1.82, 2.24) is 9.80 Å². The maximum atomic E-state index is 12.2. The molecule has 1 aliphatic heterocycles. The van der Waals surface area contributed by atoms with Crippen molar-refractivity contribution in [2.24, 2.45) is 0 Å². The first-order valence-electron chi connectivity index (χ1n) is 5.28. The summed E-state index contributed by atoms with van der Waals surface area (Å²) in [5.41, 5.74) is 0. The molecular formula is C11H15BrN2OS. The molecule has 3 nitrogen and oxygen atoms in total. The molecule has 88 valence electrons. The van der Waals surface area contributed by atoms with E-state index in [0.29, 0.717) is 6.04 Å². The predicted molar refractivity (Wildman–Crippen MR) is 70.0 cm³/mol. The summed E-state index contributed by atoms with van der Waals surface area (Å²) in [6, 6.07) is 2.43. The van der Waals surface area contributed by atoms with Crippen LogP contribution in [0.25, 0.3) is 0 Å². The molecule has 1 amide bonds. The highest BCUT2D eigenvalue weighted by atomic mass is 79.9. The van der Waals surface area contributed by atoms with Crippen LogP contribution < -0.4 is 0 Å².